The summed E-state index contributed by atoms with van der Waals surface area (Å²) in [6.45, 7) is 0. The van der Waals surface area contributed by atoms with Crippen molar-refractivity contribution in [1.29, 1.82) is 0 Å². The summed E-state index contributed by atoms with van der Waals surface area (Å²) in [5, 5.41) is 0. The molecule has 0 aliphatic carbocycles. The van der Waals surface area contributed by atoms with Crippen molar-refractivity contribution >= 4 is 65.7 Å². The van der Waals surface area contributed by atoms with Gasteiger partial charge in [0, 0.05) is 9.32 Å². The third-order valence-electron chi connectivity index (χ3n) is 2.86. The van der Waals surface area contributed by atoms with E-state index >= 15 is 0 Å². The molecule has 0 spiro atoms. The predicted molar refractivity (Wildman–Crippen MR) is 102 cm³/mol. The average Bonchev–Trinajstić information content (AvgIpc) is 2.92. The van der Waals surface area contributed by atoms with Gasteiger partial charge in [-0.1, -0.05) is 29.0 Å². The first-order valence-electron chi connectivity index (χ1n) is 6.24. The highest BCUT2D eigenvalue weighted by atomic mass is 127. The summed E-state index contributed by atoms with van der Waals surface area (Å²) in [6.07, 6.45) is 0. The number of benzene rings is 2. The Hall–Kier alpha value is -0.440. The zero-order chi connectivity index (χ0) is 14.7. The van der Waals surface area contributed by atoms with Crippen molar-refractivity contribution < 1.29 is 4.74 Å². The summed E-state index contributed by atoms with van der Waals surface area (Å²) in [4.78, 5) is 4.70. The van der Waals surface area contributed by atoms with E-state index in [4.69, 9.17) is 9.72 Å². The molecule has 0 aliphatic rings. The summed E-state index contributed by atoms with van der Waals surface area (Å²) in [5.74, 6) is 1.86. The lowest BCUT2D eigenvalue weighted by Gasteiger charge is -2.02. The Balaban J connectivity index is 1.62. The minimum atomic E-state index is 0.900. The lowest BCUT2D eigenvalue weighted by atomic mass is 10.2. The maximum absolute atomic E-state index is 5.17. The van der Waals surface area contributed by atoms with E-state index in [1.54, 1.807) is 29.2 Å². The van der Waals surface area contributed by atoms with Gasteiger partial charge in [-0.3, -0.25) is 0 Å². The summed E-state index contributed by atoms with van der Waals surface area (Å²) in [7, 11) is 5.25. The van der Waals surface area contributed by atoms with Crippen molar-refractivity contribution in [3.63, 3.8) is 0 Å². The van der Waals surface area contributed by atoms with Gasteiger partial charge in [0.1, 0.15) is 5.75 Å². The number of fused-ring (bicyclic) bond motifs is 1. The van der Waals surface area contributed by atoms with Crippen LogP contribution in [-0.2, 0) is 5.75 Å². The Kier molecular flexibility index (Phi) is 5.31. The van der Waals surface area contributed by atoms with Gasteiger partial charge in [0.05, 0.1) is 17.3 Å². The van der Waals surface area contributed by atoms with Crippen LogP contribution in [0, 0.1) is 3.57 Å². The molecular formula is C15H12INOS3. The van der Waals surface area contributed by atoms with Crippen molar-refractivity contribution in [3.05, 3.63) is 51.6 Å². The van der Waals surface area contributed by atoms with Gasteiger partial charge in [-0.2, -0.15) is 0 Å². The second kappa shape index (κ2) is 7.21. The van der Waals surface area contributed by atoms with E-state index < -0.39 is 0 Å². The molecule has 0 aliphatic heterocycles. The van der Waals surface area contributed by atoms with Gasteiger partial charge in [0.2, 0.25) is 0 Å². The SMILES string of the molecule is COc1ccc(CSSc2nc3c(I)cccc3s2)cc1. The maximum Gasteiger partial charge on any atom is 0.161 e. The molecule has 2 aromatic carbocycles. The molecule has 0 saturated heterocycles. The number of halogens is 1. The van der Waals surface area contributed by atoms with Crippen LogP contribution in [0.25, 0.3) is 10.2 Å². The zero-order valence-electron chi connectivity index (χ0n) is 11.2. The highest BCUT2D eigenvalue weighted by Crippen LogP contribution is 2.39. The van der Waals surface area contributed by atoms with Gasteiger partial charge in [-0.05, 0) is 63.2 Å². The Morgan fingerprint density at radius 1 is 1.19 bits per heavy atom. The van der Waals surface area contributed by atoms with Crippen LogP contribution in [-0.4, -0.2) is 12.1 Å². The van der Waals surface area contributed by atoms with Gasteiger partial charge >= 0.3 is 0 Å². The lowest BCUT2D eigenvalue weighted by Crippen LogP contribution is -1.83. The van der Waals surface area contributed by atoms with Gasteiger partial charge in [0.15, 0.2) is 4.34 Å². The van der Waals surface area contributed by atoms with Crippen LogP contribution in [0.1, 0.15) is 5.56 Å². The van der Waals surface area contributed by atoms with E-state index in [9.17, 15) is 0 Å². The van der Waals surface area contributed by atoms with E-state index in [-0.39, 0.29) is 0 Å². The number of methoxy groups -OCH3 is 1. The summed E-state index contributed by atoms with van der Waals surface area (Å²) in [6, 6.07) is 14.5. The monoisotopic (exact) mass is 445 g/mol. The highest BCUT2D eigenvalue weighted by Gasteiger charge is 2.07. The maximum atomic E-state index is 5.17. The molecule has 2 nitrogen and oxygen atoms in total. The van der Waals surface area contributed by atoms with E-state index in [1.165, 1.54) is 13.8 Å². The van der Waals surface area contributed by atoms with Crippen molar-refractivity contribution in [2.24, 2.45) is 0 Å². The fourth-order valence-corrected chi connectivity index (χ4v) is 6.09. The Bertz CT molecular complexity index is 742. The molecule has 0 bridgehead atoms. The third kappa shape index (κ3) is 3.85. The fraction of sp³-hybridized carbons (Fsp3) is 0.133. The highest BCUT2D eigenvalue weighted by molar-refractivity contribution is 14.1. The van der Waals surface area contributed by atoms with Crippen LogP contribution in [0.4, 0.5) is 0 Å². The second-order valence-electron chi connectivity index (χ2n) is 4.26. The Labute approximate surface area is 149 Å². The molecule has 3 rings (SSSR count). The Morgan fingerprint density at radius 3 is 2.71 bits per heavy atom. The summed E-state index contributed by atoms with van der Waals surface area (Å²) >= 11 is 4.10. The first-order chi connectivity index (χ1) is 10.3. The molecule has 0 N–H and O–H groups in total. The molecule has 6 heteroatoms. The smallest absolute Gasteiger partial charge is 0.161 e. The molecule has 0 amide bonds. The normalized spacial score (nSPS) is 11.0. The molecule has 0 saturated carbocycles. The molecule has 3 aromatic rings. The minimum absolute atomic E-state index is 0.900. The number of nitrogens with zero attached hydrogens (tertiary/aromatic N) is 1. The van der Waals surface area contributed by atoms with Gasteiger partial charge in [-0.15, -0.1) is 11.3 Å². The number of hydrogen-bond donors (Lipinski definition) is 0. The van der Waals surface area contributed by atoms with E-state index in [0.29, 0.717) is 0 Å². The van der Waals surface area contributed by atoms with Gasteiger partial charge in [0.25, 0.3) is 0 Å². The van der Waals surface area contributed by atoms with Crippen molar-refractivity contribution in [2.45, 2.75) is 10.1 Å². The molecule has 1 aromatic heterocycles. The molecule has 21 heavy (non-hydrogen) atoms. The van der Waals surface area contributed by atoms with Crippen LogP contribution in [0.5, 0.6) is 5.75 Å². The van der Waals surface area contributed by atoms with Gasteiger partial charge < -0.3 is 4.74 Å². The largest absolute Gasteiger partial charge is 0.497 e. The molecule has 0 atom stereocenters. The number of thiazole rings is 1. The molecule has 0 unspecified atom stereocenters. The van der Waals surface area contributed by atoms with Gasteiger partial charge in [-0.25, -0.2) is 4.98 Å². The molecule has 1 heterocycles. The summed E-state index contributed by atoms with van der Waals surface area (Å²) < 4.78 is 8.76. The van der Waals surface area contributed by atoms with Crippen LogP contribution in [0.2, 0.25) is 0 Å². The standard InChI is InChI=1S/C15H12INOS3/c1-18-11-7-5-10(6-8-11)9-19-21-15-17-14-12(16)3-2-4-13(14)20-15/h2-8H,9H2,1H3. The number of rotatable bonds is 5. The molecule has 108 valence electrons. The second-order valence-corrected chi connectivity index (χ2v) is 9.00. The lowest BCUT2D eigenvalue weighted by molar-refractivity contribution is 0.414. The molecule has 0 fully saturated rings. The fourth-order valence-electron chi connectivity index (χ4n) is 1.80. The first kappa shape index (κ1) is 15.5. The molecule has 0 radical (unpaired) electrons. The van der Waals surface area contributed by atoms with Crippen LogP contribution >= 0.6 is 55.5 Å². The van der Waals surface area contributed by atoms with Crippen LogP contribution in [0.3, 0.4) is 0 Å². The van der Waals surface area contributed by atoms with Crippen LogP contribution in [0.15, 0.2) is 46.8 Å². The van der Waals surface area contributed by atoms with Crippen molar-refractivity contribution in [3.8, 4) is 5.75 Å². The van der Waals surface area contributed by atoms with E-state index in [0.717, 1.165) is 21.4 Å². The molecular weight excluding hydrogens is 433 g/mol. The Morgan fingerprint density at radius 2 is 2.00 bits per heavy atom. The van der Waals surface area contributed by atoms with Crippen LogP contribution < -0.4 is 4.74 Å². The first-order valence-corrected chi connectivity index (χ1v) is 10.4. The topological polar surface area (TPSA) is 22.1 Å². The van der Waals surface area contributed by atoms with Crippen molar-refractivity contribution in [1.82, 2.24) is 4.98 Å². The quantitative estimate of drug-likeness (QED) is 0.363. The minimum Gasteiger partial charge on any atom is -0.497 e. The van der Waals surface area contributed by atoms with E-state index in [1.807, 2.05) is 22.9 Å². The predicted octanol–water partition coefficient (Wildman–Crippen LogP) is 5.85. The number of ether oxygens (including phenoxy) is 1. The van der Waals surface area contributed by atoms with E-state index in [2.05, 4.69) is 52.9 Å². The number of para-hydroxylation sites is 1. The number of aromatic nitrogens is 1. The van der Waals surface area contributed by atoms with Crippen molar-refractivity contribution in [2.75, 3.05) is 7.11 Å². The zero-order valence-corrected chi connectivity index (χ0v) is 15.8. The number of hydrogen-bond acceptors (Lipinski definition) is 5. The third-order valence-corrected chi connectivity index (χ3v) is 7.35. The summed E-state index contributed by atoms with van der Waals surface area (Å²) in [5.41, 5.74) is 2.42. The average molecular weight is 445 g/mol.